The Kier molecular flexibility index (Phi) is 7.55. The number of carbonyl (C=O) groups excluding carboxylic acids is 2. The van der Waals surface area contributed by atoms with Gasteiger partial charge in [-0.25, -0.2) is 4.79 Å². The minimum absolute atomic E-state index is 0.108. The van der Waals surface area contributed by atoms with Gasteiger partial charge >= 0.3 is 5.97 Å². The van der Waals surface area contributed by atoms with Crippen LogP contribution in [-0.2, 0) is 21.4 Å². The normalized spacial score (nSPS) is 12.4. The molecule has 0 aliphatic rings. The Hall–Kier alpha value is -2.89. The summed E-state index contributed by atoms with van der Waals surface area (Å²) in [6.07, 6.45) is 3.81. The Morgan fingerprint density at radius 1 is 1.21 bits per heavy atom. The van der Waals surface area contributed by atoms with Gasteiger partial charge in [-0.1, -0.05) is 44.2 Å². The smallest absolute Gasteiger partial charge is 0.331 e. The molecule has 1 heterocycles. The molecule has 1 aromatic heterocycles. The zero-order valence-corrected chi connectivity index (χ0v) is 17.2. The molecule has 0 aliphatic heterocycles. The van der Waals surface area contributed by atoms with E-state index in [4.69, 9.17) is 4.74 Å². The second-order valence-electron chi connectivity index (χ2n) is 7.31. The van der Waals surface area contributed by atoms with Crippen LogP contribution in [0, 0.1) is 19.8 Å². The van der Waals surface area contributed by atoms with Gasteiger partial charge in [-0.3, -0.25) is 9.48 Å². The maximum absolute atomic E-state index is 12.3. The van der Waals surface area contributed by atoms with Gasteiger partial charge in [-0.05, 0) is 37.8 Å². The maximum atomic E-state index is 12.3. The van der Waals surface area contributed by atoms with Crippen LogP contribution in [0.4, 0.5) is 0 Å². The van der Waals surface area contributed by atoms with Crippen molar-refractivity contribution in [1.82, 2.24) is 15.1 Å². The maximum Gasteiger partial charge on any atom is 0.331 e. The van der Waals surface area contributed by atoms with E-state index in [2.05, 4.69) is 24.3 Å². The number of benzene rings is 1. The molecule has 6 nitrogen and oxygen atoms in total. The average molecular weight is 383 g/mol. The van der Waals surface area contributed by atoms with Crippen LogP contribution in [0.25, 0.3) is 6.08 Å². The number of esters is 1. The summed E-state index contributed by atoms with van der Waals surface area (Å²) in [5.74, 6) is -0.454. The third kappa shape index (κ3) is 6.08. The molecule has 0 saturated carbocycles. The van der Waals surface area contributed by atoms with Gasteiger partial charge < -0.3 is 10.1 Å². The van der Waals surface area contributed by atoms with Gasteiger partial charge in [0.1, 0.15) is 0 Å². The first-order valence-corrected chi connectivity index (χ1v) is 9.47. The second kappa shape index (κ2) is 9.88. The van der Waals surface area contributed by atoms with E-state index in [0.717, 1.165) is 28.9 Å². The van der Waals surface area contributed by atoms with Crippen molar-refractivity contribution in [3.8, 4) is 0 Å². The standard InChI is InChI=1S/C22H29N3O3/c1-15(2)13-20(18-9-7-6-8-10-18)23-21(26)14-28-22(27)12-11-19-16(3)24-25(5)17(19)4/h6-12,15,20H,13-14H2,1-5H3,(H,23,26)/b12-11+/t20-/m0/s1. The van der Waals surface area contributed by atoms with Crippen molar-refractivity contribution in [3.63, 3.8) is 0 Å². The second-order valence-corrected chi connectivity index (χ2v) is 7.31. The minimum atomic E-state index is -0.557. The van der Waals surface area contributed by atoms with Crippen molar-refractivity contribution in [1.29, 1.82) is 0 Å². The van der Waals surface area contributed by atoms with E-state index in [1.54, 1.807) is 10.8 Å². The van der Waals surface area contributed by atoms with Crippen LogP contribution in [-0.4, -0.2) is 28.3 Å². The van der Waals surface area contributed by atoms with Crippen LogP contribution in [0.3, 0.4) is 0 Å². The molecule has 1 N–H and O–H groups in total. The fourth-order valence-corrected chi connectivity index (χ4v) is 3.04. The summed E-state index contributed by atoms with van der Waals surface area (Å²) in [4.78, 5) is 24.2. The molecular formula is C22H29N3O3. The SMILES string of the molecule is Cc1nn(C)c(C)c1/C=C/C(=O)OCC(=O)N[C@@H](CC(C)C)c1ccccc1. The Balaban J connectivity index is 1.91. The quantitative estimate of drug-likeness (QED) is 0.559. The lowest BCUT2D eigenvalue weighted by Crippen LogP contribution is -2.33. The molecule has 28 heavy (non-hydrogen) atoms. The van der Waals surface area contributed by atoms with Gasteiger partial charge in [0.2, 0.25) is 0 Å². The first kappa shape index (κ1) is 21.4. The molecule has 1 aromatic carbocycles. The van der Waals surface area contributed by atoms with Gasteiger partial charge in [0.05, 0.1) is 11.7 Å². The van der Waals surface area contributed by atoms with Gasteiger partial charge in [0.25, 0.3) is 5.91 Å². The van der Waals surface area contributed by atoms with Crippen molar-refractivity contribution >= 4 is 18.0 Å². The number of nitrogens with one attached hydrogen (secondary N) is 1. The van der Waals surface area contributed by atoms with Crippen molar-refractivity contribution in [3.05, 3.63) is 58.9 Å². The Morgan fingerprint density at radius 3 is 2.46 bits per heavy atom. The zero-order chi connectivity index (χ0) is 20.7. The summed E-state index contributed by atoms with van der Waals surface area (Å²) in [6, 6.07) is 9.70. The highest BCUT2D eigenvalue weighted by Crippen LogP contribution is 2.21. The van der Waals surface area contributed by atoms with Crippen molar-refractivity contribution in [2.75, 3.05) is 6.61 Å². The number of nitrogens with zero attached hydrogens (tertiary/aromatic N) is 2. The number of rotatable bonds is 8. The van der Waals surface area contributed by atoms with Crippen molar-refractivity contribution in [2.24, 2.45) is 13.0 Å². The number of hydrogen-bond donors (Lipinski definition) is 1. The first-order valence-electron chi connectivity index (χ1n) is 9.47. The fraction of sp³-hybridized carbons (Fsp3) is 0.409. The number of aryl methyl sites for hydroxylation is 2. The minimum Gasteiger partial charge on any atom is -0.452 e. The van der Waals surface area contributed by atoms with E-state index in [-0.39, 0.29) is 18.6 Å². The first-order chi connectivity index (χ1) is 13.3. The summed E-state index contributed by atoms with van der Waals surface area (Å²) in [5, 5.41) is 7.26. The molecule has 0 saturated heterocycles. The molecule has 150 valence electrons. The molecule has 0 spiro atoms. The van der Waals surface area contributed by atoms with E-state index in [9.17, 15) is 9.59 Å². The third-order valence-corrected chi connectivity index (χ3v) is 4.54. The van der Waals surface area contributed by atoms with Crippen LogP contribution in [0.2, 0.25) is 0 Å². The van der Waals surface area contributed by atoms with Gasteiger partial charge in [0, 0.05) is 24.4 Å². The van der Waals surface area contributed by atoms with Crippen LogP contribution < -0.4 is 5.32 Å². The predicted octanol–water partition coefficient (Wildman–Crippen LogP) is 3.50. The van der Waals surface area contributed by atoms with Crippen LogP contribution >= 0.6 is 0 Å². The van der Waals surface area contributed by atoms with Crippen LogP contribution in [0.15, 0.2) is 36.4 Å². The summed E-state index contributed by atoms with van der Waals surface area (Å²) in [7, 11) is 1.85. The number of carbonyl (C=O) groups is 2. The lowest BCUT2D eigenvalue weighted by Gasteiger charge is -2.21. The lowest BCUT2D eigenvalue weighted by molar-refractivity contribution is -0.144. The van der Waals surface area contributed by atoms with Crippen molar-refractivity contribution in [2.45, 2.75) is 40.2 Å². The molecular weight excluding hydrogens is 354 g/mol. The molecule has 1 amide bonds. The van der Waals surface area contributed by atoms with Gasteiger partial charge in [0.15, 0.2) is 6.61 Å². The predicted molar refractivity (Wildman–Crippen MR) is 109 cm³/mol. The average Bonchev–Trinajstić information content (AvgIpc) is 2.90. The highest BCUT2D eigenvalue weighted by Gasteiger charge is 2.17. The highest BCUT2D eigenvalue weighted by atomic mass is 16.5. The molecule has 2 aromatic rings. The molecule has 0 aliphatic carbocycles. The van der Waals surface area contributed by atoms with E-state index >= 15 is 0 Å². The van der Waals surface area contributed by atoms with E-state index in [1.807, 2.05) is 51.2 Å². The van der Waals surface area contributed by atoms with Crippen LogP contribution in [0.1, 0.15) is 48.8 Å². The Morgan fingerprint density at radius 2 is 1.89 bits per heavy atom. The fourth-order valence-electron chi connectivity index (χ4n) is 3.04. The number of aromatic nitrogens is 2. The van der Waals surface area contributed by atoms with Crippen molar-refractivity contribution < 1.29 is 14.3 Å². The summed E-state index contributed by atoms with van der Waals surface area (Å²) in [6.45, 7) is 7.71. The largest absolute Gasteiger partial charge is 0.452 e. The molecule has 0 radical (unpaired) electrons. The number of ether oxygens (including phenoxy) is 1. The molecule has 6 heteroatoms. The molecule has 1 atom stereocenters. The topological polar surface area (TPSA) is 73.2 Å². The summed E-state index contributed by atoms with van der Waals surface area (Å²) >= 11 is 0. The molecule has 0 unspecified atom stereocenters. The monoisotopic (exact) mass is 383 g/mol. The van der Waals surface area contributed by atoms with E-state index in [0.29, 0.717) is 5.92 Å². The number of hydrogen-bond acceptors (Lipinski definition) is 4. The zero-order valence-electron chi connectivity index (χ0n) is 17.2. The summed E-state index contributed by atoms with van der Waals surface area (Å²) in [5.41, 5.74) is 3.71. The Labute approximate surface area is 166 Å². The van der Waals surface area contributed by atoms with Crippen LogP contribution in [0.5, 0.6) is 0 Å². The van der Waals surface area contributed by atoms with Gasteiger partial charge in [-0.2, -0.15) is 5.10 Å². The highest BCUT2D eigenvalue weighted by molar-refractivity contribution is 5.89. The number of amides is 1. The molecule has 2 rings (SSSR count). The third-order valence-electron chi connectivity index (χ3n) is 4.54. The van der Waals surface area contributed by atoms with E-state index < -0.39 is 5.97 Å². The van der Waals surface area contributed by atoms with Gasteiger partial charge in [-0.15, -0.1) is 0 Å². The lowest BCUT2D eigenvalue weighted by atomic mass is 9.97. The Bertz CT molecular complexity index is 838. The molecule has 0 fully saturated rings. The molecule has 0 bridgehead atoms. The van der Waals surface area contributed by atoms with E-state index in [1.165, 1.54) is 6.08 Å². The summed E-state index contributed by atoms with van der Waals surface area (Å²) < 4.78 is 6.85.